The molecule has 1 aliphatic rings. The molecule has 0 radical (unpaired) electrons. The molecule has 3 heterocycles. The lowest BCUT2D eigenvalue weighted by Crippen LogP contribution is -3.13. The van der Waals surface area contributed by atoms with Crippen molar-refractivity contribution in [2.45, 2.75) is 25.3 Å². The van der Waals surface area contributed by atoms with Gasteiger partial charge >= 0.3 is 0 Å². The van der Waals surface area contributed by atoms with Crippen LogP contribution in [-0.4, -0.2) is 28.2 Å². The Hall–Kier alpha value is -2.46. The number of hydrogen-bond acceptors (Lipinski definition) is 3. The second-order valence-electron chi connectivity index (χ2n) is 6.51. The maximum absolute atomic E-state index is 10.9. The first-order valence-corrected chi connectivity index (χ1v) is 8.65. The predicted molar refractivity (Wildman–Crippen MR) is 94.0 cm³/mol. The Morgan fingerprint density at radius 3 is 2.50 bits per heavy atom. The third kappa shape index (κ3) is 2.74. The van der Waals surface area contributed by atoms with Crippen molar-refractivity contribution in [2.75, 3.05) is 13.1 Å². The summed E-state index contributed by atoms with van der Waals surface area (Å²) in [6.45, 7) is 2.26. The molecule has 1 aliphatic heterocycles. The molecule has 4 rings (SSSR count). The molecule has 0 aliphatic carbocycles. The van der Waals surface area contributed by atoms with Gasteiger partial charge in [-0.1, -0.05) is 12.1 Å². The van der Waals surface area contributed by atoms with E-state index in [9.17, 15) is 5.11 Å². The molecular formula is C20H22N3O+. The number of phenolic OH excluding ortho intramolecular Hbond substituents is 1. The number of nitrogens with one attached hydrogen (secondary N) is 1. The third-order valence-corrected chi connectivity index (χ3v) is 5.03. The zero-order valence-electron chi connectivity index (χ0n) is 13.7. The third-order valence-electron chi connectivity index (χ3n) is 5.03. The summed E-state index contributed by atoms with van der Waals surface area (Å²) < 4.78 is 0. The fourth-order valence-electron chi connectivity index (χ4n) is 3.86. The summed E-state index contributed by atoms with van der Waals surface area (Å²) in [5.41, 5.74) is 2.85. The number of aromatic hydroxyl groups is 1. The first kappa shape index (κ1) is 15.1. The van der Waals surface area contributed by atoms with Gasteiger partial charge in [-0.2, -0.15) is 0 Å². The molecule has 2 aromatic heterocycles. The van der Waals surface area contributed by atoms with Crippen molar-refractivity contribution in [1.82, 2.24) is 9.97 Å². The standard InChI is InChI=1S/C20H21N3O/c24-20-17(7-6-15-5-4-10-22-18(15)20)19(16-8-11-21-12-9-16)23-13-2-1-3-14-23/h4-12,19,24H,1-3,13-14H2/p+1/t19-/m1/s1. The molecule has 1 atom stereocenters. The van der Waals surface area contributed by atoms with Gasteiger partial charge in [-0.3, -0.25) is 9.97 Å². The number of pyridine rings is 2. The van der Waals surface area contributed by atoms with Crippen LogP contribution in [0.5, 0.6) is 5.75 Å². The van der Waals surface area contributed by atoms with Gasteiger partial charge in [-0.15, -0.1) is 0 Å². The molecule has 0 spiro atoms. The number of piperidine rings is 1. The Balaban J connectivity index is 1.85. The van der Waals surface area contributed by atoms with Gasteiger partial charge in [0.1, 0.15) is 11.6 Å². The highest BCUT2D eigenvalue weighted by Crippen LogP contribution is 2.33. The van der Waals surface area contributed by atoms with Crippen molar-refractivity contribution >= 4 is 10.9 Å². The topological polar surface area (TPSA) is 50.5 Å². The molecular weight excluding hydrogens is 298 g/mol. The Morgan fingerprint density at radius 2 is 1.71 bits per heavy atom. The van der Waals surface area contributed by atoms with Crippen LogP contribution in [-0.2, 0) is 0 Å². The summed E-state index contributed by atoms with van der Waals surface area (Å²) in [5.74, 6) is 0.313. The summed E-state index contributed by atoms with van der Waals surface area (Å²) in [6, 6.07) is 12.3. The number of quaternary nitrogens is 1. The van der Waals surface area contributed by atoms with Crippen LogP contribution in [0.15, 0.2) is 55.0 Å². The van der Waals surface area contributed by atoms with Crippen LogP contribution in [0.25, 0.3) is 10.9 Å². The smallest absolute Gasteiger partial charge is 0.151 e. The number of fused-ring (bicyclic) bond motifs is 1. The molecule has 1 fully saturated rings. The Labute approximate surface area is 141 Å². The summed E-state index contributed by atoms with van der Waals surface area (Å²) in [5, 5.41) is 11.9. The summed E-state index contributed by atoms with van der Waals surface area (Å²) >= 11 is 0. The number of benzene rings is 1. The van der Waals surface area contributed by atoms with Crippen LogP contribution in [0.1, 0.15) is 36.4 Å². The number of hydrogen-bond donors (Lipinski definition) is 2. The number of phenols is 1. The quantitative estimate of drug-likeness (QED) is 0.779. The second kappa shape index (κ2) is 6.57. The van der Waals surface area contributed by atoms with E-state index in [0.29, 0.717) is 11.3 Å². The molecule has 4 nitrogen and oxygen atoms in total. The molecule has 0 saturated carbocycles. The molecule has 2 N–H and O–H groups in total. The average Bonchev–Trinajstić information content (AvgIpc) is 2.66. The van der Waals surface area contributed by atoms with Gasteiger partial charge < -0.3 is 10.0 Å². The van der Waals surface area contributed by atoms with Gasteiger partial charge in [-0.25, -0.2) is 0 Å². The lowest BCUT2D eigenvalue weighted by molar-refractivity contribution is -0.930. The minimum Gasteiger partial charge on any atom is -0.505 e. The summed E-state index contributed by atoms with van der Waals surface area (Å²) in [6.07, 6.45) is 9.19. The van der Waals surface area contributed by atoms with Crippen molar-refractivity contribution in [2.24, 2.45) is 0 Å². The molecule has 1 aromatic carbocycles. The maximum Gasteiger partial charge on any atom is 0.151 e. The molecule has 24 heavy (non-hydrogen) atoms. The SMILES string of the molecule is Oc1c([C@@H](c2ccncc2)[NH+]2CCCCC2)ccc2cccnc12. The number of aromatic nitrogens is 2. The minimum atomic E-state index is 0.125. The van der Waals surface area contributed by atoms with Crippen molar-refractivity contribution in [3.05, 3.63) is 66.1 Å². The van der Waals surface area contributed by atoms with Crippen molar-refractivity contribution < 1.29 is 10.0 Å². The highest BCUT2D eigenvalue weighted by molar-refractivity contribution is 5.85. The molecule has 0 bridgehead atoms. The fraction of sp³-hybridized carbons (Fsp3) is 0.300. The van der Waals surface area contributed by atoms with E-state index in [1.54, 1.807) is 6.20 Å². The summed E-state index contributed by atoms with van der Waals surface area (Å²) in [4.78, 5) is 10.1. The summed E-state index contributed by atoms with van der Waals surface area (Å²) in [7, 11) is 0. The van der Waals surface area contributed by atoms with Gasteiger partial charge in [0.15, 0.2) is 5.75 Å². The lowest BCUT2D eigenvalue weighted by atomic mass is 9.94. The number of rotatable bonds is 3. The van der Waals surface area contributed by atoms with Gasteiger partial charge in [0.05, 0.1) is 18.7 Å². The van der Waals surface area contributed by atoms with Gasteiger partial charge in [0.25, 0.3) is 0 Å². The van der Waals surface area contributed by atoms with E-state index in [2.05, 4.69) is 34.2 Å². The van der Waals surface area contributed by atoms with E-state index < -0.39 is 0 Å². The molecule has 0 amide bonds. The molecule has 1 saturated heterocycles. The molecule has 4 heteroatoms. The van der Waals surface area contributed by atoms with E-state index in [1.807, 2.05) is 24.5 Å². The Morgan fingerprint density at radius 1 is 0.917 bits per heavy atom. The van der Waals surface area contributed by atoms with Crippen LogP contribution in [0.2, 0.25) is 0 Å². The normalized spacial score (nSPS) is 17.0. The first-order chi connectivity index (χ1) is 11.8. The lowest BCUT2D eigenvalue weighted by Gasteiger charge is -2.32. The highest BCUT2D eigenvalue weighted by Gasteiger charge is 2.30. The Bertz CT molecular complexity index is 829. The predicted octanol–water partition coefficient (Wildman–Crippen LogP) is 2.49. The number of likely N-dealkylation sites (tertiary alicyclic amines) is 1. The zero-order valence-corrected chi connectivity index (χ0v) is 13.7. The van der Waals surface area contributed by atoms with Gasteiger partial charge in [0, 0.05) is 29.5 Å². The van der Waals surface area contributed by atoms with Crippen LogP contribution < -0.4 is 4.90 Å². The first-order valence-electron chi connectivity index (χ1n) is 8.65. The van der Waals surface area contributed by atoms with Crippen LogP contribution in [0.3, 0.4) is 0 Å². The van der Waals surface area contributed by atoms with Crippen LogP contribution in [0, 0.1) is 0 Å². The minimum absolute atomic E-state index is 0.125. The van der Waals surface area contributed by atoms with E-state index in [4.69, 9.17) is 0 Å². The van der Waals surface area contributed by atoms with Gasteiger partial charge in [0.2, 0.25) is 0 Å². The monoisotopic (exact) mass is 320 g/mol. The van der Waals surface area contributed by atoms with E-state index in [1.165, 1.54) is 29.7 Å². The maximum atomic E-state index is 10.9. The van der Waals surface area contributed by atoms with Crippen molar-refractivity contribution in [3.8, 4) is 5.75 Å². The molecule has 122 valence electrons. The Kier molecular flexibility index (Phi) is 4.13. The van der Waals surface area contributed by atoms with Crippen molar-refractivity contribution in [1.29, 1.82) is 0 Å². The van der Waals surface area contributed by atoms with Crippen LogP contribution in [0.4, 0.5) is 0 Å². The molecule has 0 unspecified atom stereocenters. The zero-order chi connectivity index (χ0) is 16.4. The van der Waals surface area contributed by atoms with Crippen molar-refractivity contribution in [3.63, 3.8) is 0 Å². The van der Waals surface area contributed by atoms with Gasteiger partial charge in [-0.05, 0) is 43.5 Å². The molecule has 3 aromatic rings. The van der Waals surface area contributed by atoms with E-state index in [-0.39, 0.29) is 6.04 Å². The fourth-order valence-corrected chi connectivity index (χ4v) is 3.86. The van der Waals surface area contributed by atoms with Crippen LogP contribution >= 0.6 is 0 Å². The van der Waals surface area contributed by atoms with E-state index in [0.717, 1.165) is 24.0 Å². The largest absolute Gasteiger partial charge is 0.505 e. The average molecular weight is 320 g/mol. The second-order valence-corrected chi connectivity index (χ2v) is 6.51. The highest BCUT2D eigenvalue weighted by atomic mass is 16.3. The number of nitrogens with zero attached hydrogens (tertiary/aromatic N) is 2. The van der Waals surface area contributed by atoms with E-state index >= 15 is 0 Å².